The average Bonchev–Trinajstić information content (AvgIpc) is 2.49. The van der Waals surface area contributed by atoms with Crippen LogP contribution in [0.3, 0.4) is 0 Å². The van der Waals surface area contributed by atoms with Crippen molar-refractivity contribution in [2.45, 2.75) is 26.7 Å². The molecule has 0 aliphatic heterocycles. The highest BCUT2D eigenvalue weighted by atomic mass is 16.5. The van der Waals surface area contributed by atoms with E-state index in [1.807, 2.05) is 56.3 Å². The Hall–Kier alpha value is -2.49. The number of aryl methyl sites for hydroxylation is 2. The van der Waals surface area contributed by atoms with Crippen LogP contribution in [0.25, 0.3) is 0 Å². The number of rotatable bonds is 6. The molecule has 2 aromatic carbocycles. The molecule has 116 valence electrons. The van der Waals surface area contributed by atoms with Crippen LogP contribution in [-0.2, 0) is 11.2 Å². The lowest BCUT2D eigenvalue weighted by Crippen LogP contribution is -2.13. The predicted octanol–water partition coefficient (Wildman–Crippen LogP) is 3.55. The van der Waals surface area contributed by atoms with E-state index in [4.69, 9.17) is 10.5 Å². The SMILES string of the molecule is CCOc1cc(C)ccc1NC(=O)CCc1ccccc1N. The van der Waals surface area contributed by atoms with Crippen molar-refractivity contribution in [1.82, 2.24) is 0 Å². The Balaban J connectivity index is 1.99. The molecule has 0 aromatic heterocycles. The van der Waals surface area contributed by atoms with Crippen LogP contribution >= 0.6 is 0 Å². The lowest BCUT2D eigenvalue weighted by atomic mass is 10.1. The Labute approximate surface area is 131 Å². The van der Waals surface area contributed by atoms with Gasteiger partial charge in [-0.3, -0.25) is 4.79 Å². The van der Waals surface area contributed by atoms with Crippen LogP contribution < -0.4 is 15.8 Å². The Morgan fingerprint density at radius 1 is 1.23 bits per heavy atom. The lowest BCUT2D eigenvalue weighted by Gasteiger charge is -2.12. The van der Waals surface area contributed by atoms with Crippen LogP contribution in [0.4, 0.5) is 11.4 Å². The van der Waals surface area contributed by atoms with Gasteiger partial charge in [-0.15, -0.1) is 0 Å². The third-order valence-electron chi connectivity index (χ3n) is 3.39. The van der Waals surface area contributed by atoms with Crippen molar-refractivity contribution >= 4 is 17.3 Å². The van der Waals surface area contributed by atoms with E-state index >= 15 is 0 Å². The first-order valence-electron chi connectivity index (χ1n) is 7.47. The molecule has 3 N–H and O–H groups in total. The van der Waals surface area contributed by atoms with Gasteiger partial charge in [0, 0.05) is 12.1 Å². The molecule has 0 aliphatic rings. The summed E-state index contributed by atoms with van der Waals surface area (Å²) in [7, 11) is 0. The van der Waals surface area contributed by atoms with E-state index in [9.17, 15) is 4.79 Å². The van der Waals surface area contributed by atoms with Gasteiger partial charge in [0.25, 0.3) is 0 Å². The quantitative estimate of drug-likeness (QED) is 0.802. The minimum absolute atomic E-state index is 0.0481. The number of carbonyl (C=O) groups excluding carboxylic acids is 1. The van der Waals surface area contributed by atoms with Crippen molar-refractivity contribution < 1.29 is 9.53 Å². The van der Waals surface area contributed by atoms with Gasteiger partial charge in [0.1, 0.15) is 5.75 Å². The summed E-state index contributed by atoms with van der Waals surface area (Å²) in [6.45, 7) is 4.48. The summed E-state index contributed by atoms with van der Waals surface area (Å²) in [5.41, 5.74) is 9.41. The molecule has 0 aliphatic carbocycles. The van der Waals surface area contributed by atoms with Gasteiger partial charge < -0.3 is 15.8 Å². The molecule has 22 heavy (non-hydrogen) atoms. The Morgan fingerprint density at radius 3 is 2.73 bits per heavy atom. The average molecular weight is 298 g/mol. The summed E-state index contributed by atoms with van der Waals surface area (Å²) in [6.07, 6.45) is 1.00. The number of nitrogen functional groups attached to an aromatic ring is 1. The molecule has 2 aromatic rings. The summed E-state index contributed by atoms with van der Waals surface area (Å²) in [5.74, 6) is 0.656. The fourth-order valence-electron chi connectivity index (χ4n) is 2.23. The highest BCUT2D eigenvalue weighted by molar-refractivity contribution is 5.92. The zero-order valence-corrected chi connectivity index (χ0v) is 13.1. The number of amides is 1. The van der Waals surface area contributed by atoms with Gasteiger partial charge in [0.15, 0.2) is 0 Å². The Kier molecular flexibility index (Phi) is 5.42. The van der Waals surface area contributed by atoms with E-state index in [0.29, 0.717) is 30.9 Å². The standard InChI is InChI=1S/C18H22N2O2/c1-3-22-17-12-13(2)8-10-16(17)20-18(21)11-9-14-6-4-5-7-15(14)19/h4-8,10,12H,3,9,11,19H2,1-2H3,(H,20,21). The smallest absolute Gasteiger partial charge is 0.224 e. The zero-order chi connectivity index (χ0) is 15.9. The zero-order valence-electron chi connectivity index (χ0n) is 13.1. The van der Waals surface area contributed by atoms with Crippen molar-refractivity contribution in [2.75, 3.05) is 17.7 Å². The number of para-hydroxylation sites is 1. The van der Waals surface area contributed by atoms with Crippen LogP contribution in [0, 0.1) is 6.92 Å². The van der Waals surface area contributed by atoms with Crippen LogP contribution in [0.2, 0.25) is 0 Å². The van der Waals surface area contributed by atoms with Crippen molar-refractivity contribution in [3.8, 4) is 5.75 Å². The van der Waals surface area contributed by atoms with Crippen LogP contribution in [0.5, 0.6) is 5.75 Å². The van der Waals surface area contributed by atoms with Gasteiger partial charge in [-0.25, -0.2) is 0 Å². The normalized spacial score (nSPS) is 10.3. The largest absolute Gasteiger partial charge is 0.492 e. The topological polar surface area (TPSA) is 64.3 Å². The molecule has 0 unspecified atom stereocenters. The molecule has 1 amide bonds. The van der Waals surface area contributed by atoms with Gasteiger partial charge >= 0.3 is 0 Å². The summed E-state index contributed by atoms with van der Waals surface area (Å²) < 4.78 is 5.57. The fraction of sp³-hybridized carbons (Fsp3) is 0.278. The van der Waals surface area contributed by atoms with Gasteiger partial charge in [-0.2, -0.15) is 0 Å². The number of carbonyl (C=O) groups is 1. The lowest BCUT2D eigenvalue weighted by molar-refractivity contribution is -0.116. The van der Waals surface area contributed by atoms with Crippen molar-refractivity contribution in [3.63, 3.8) is 0 Å². The van der Waals surface area contributed by atoms with E-state index in [2.05, 4.69) is 5.32 Å². The second kappa shape index (κ2) is 7.50. The predicted molar refractivity (Wildman–Crippen MR) is 90.2 cm³/mol. The minimum Gasteiger partial charge on any atom is -0.492 e. The third-order valence-corrected chi connectivity index (χ3v) is 3.39. The van der Waals surface area contributed by atoms with E-state index in [1.54, 1.807) is 0 Å². The number of benzene rings is 2. The van der Waals surface area contributed by atoms with E-state index in [0.717, 1.165) is 16.8 Å². The molecule has 4 nitrogen and oxygen atoms in total. The molecule has 0 heterocycles. The molecule has 0 saturated carbocycles. The Morgan fingerprint density at radius 2 is 2.00 bits per heavy atom. The summed E-state index contributed by atoms with van der Waals surface area (Å²) in [4.78, 5) is 12.1. The summed E-state index contributed by atoms with van der Waals surface area (Å²) >= 11 is 0. The summed E-state index contributed by atoms with van der Waals surface area (Å²) in [6, 6.07) is 13.4. The molecule has 0 bridgehead atoms. The molecule has 2 rings (SSSR count). The second-order valence-corrected chi connectivity index (χ2v) is 5.18. The molecule has 0 fully saturated rings. The summed E-state index contributed by atoms with van der Waals surface area (Å²) in [5, 5.41) is 2.91. The van der Waals surface area contributed by atoms with Gasteiger partial charge in [0.05, 0.1) is 12.3 Å². The maximum Gasteiger partial charge on any atom is 0.224 e. The van der Waals surface area contributed by atoms with Crippen LogP contribution in [-0.4, -0.2) is 12.5 Å². The second-order valence-electron chi connectivity index (χ2n) is 5.18. The number of nitrogens with one attached hydrogen (secondary N) is 1. The molecule has 0 spiro atoms. The molecular formula is C18H22N2O2. The molecule has 0 saturated heterocycles. The molecule has 4 heteroatoms. The maximum absolute atomic E-state index is 12.1. The van der Waals surface area contributed by atoms with Gasteiger partial charge in [-0.1, -0.05) is 24.3 Å². The first kappa shape index (κ1) is 15.9. The highest BCUT2D eigenvalue weighted by Crippen LogP contribution is 2.26. The van der Waals surface area contributed by atoms with Crippen molar-refractivity contribution in [2.24, 2.45) is 0 Å². The fourth-order valence-corrected chi connectivity index (χ4v) is 2.23. The highest BCUT2D eigenvalue weighted by Gasteiger charge is 2.09. The number of ether oxygens (including phenoxy) is 1. The number of anilines is 2. The van der Waals surface area contributed by atoms with Gasteiger partial charge in [-0.05, 0) is 49.6 Å². The first-order valence-corrected chi connectivity index (χ1v) is 7.47. The van der Waals surface area contributed by atoms with E-state index < -0.39 is 0 Å². The Bertz CT molecular complexity index is 653. The monoisotopic (exact) mass is 298 g/mol. The minimum atomic E-state index is -0.0481. The van der Waals surface area contributed by atoms with Gasteiger partial charge in [0.2, 0.25) is 5.91 Å². The van der Waals surface area contributed by atoms with Crippen molar-refractivity contribution in [3.05, 3.63) is 53.6 Å². The molecule has 0 radical (unpaired) electrons. The number of hydrogen-bond acceptors (Lipinski definition) is 3. The third kappa shape index (κ3) is 4.25. The number of nitrogens with two attached hydrogens (primary N) is 1. The van der Waals surface area contributed by atoms with E-state index in [-0.39, 0.29) is 5.91 Å². The number of hydrogen-bond donors (Lipinski definition) is 2. The maximum atomic E-state index is 12.1. The van der Waals surface area contributed by atoms with Crippen molar-refractivity contribution in [1.29, 1.82) is 0 Å². The molecule has 0 atom stereocenters. The van der Waals surface area contributed by atoms with E-state index in [1.165, 1.54) is 0 Å². The van der Waals surface area contributed by atoms with Crippen LogP contribution in [0.15, 0.2) is 42.5 Å². The molecular weight excluding hydrogens is 276 g/mol. The first-order chi connectivity index (χ1) is 10.6. The van der Waals surface area contributed by atoms with Crippen LogP contribution in [0.1, 0.15) is 24.5 Å².